The van der Waals surface area contributed by atoms with Gasteiger partial charge < -0.3 is 4.57 Å². The van der Waals surface area contributed by atoms with Gasteiger partial charge in [0.2, 0.25) is 0 Å². The fourth-order valence-corrected chi connectivity index (χ4v) is 4.69. The van der Waals surface area contributed by atoms with Crippen molar-refractivity contribution in [2.45, 2.75) is 65.5 Å². The number of carbonyl (C=O) groups is 2. The van der Waals surface area contributed by atoms with Gasteiger partial charge in [-0.05, 0) is 70.0 Å². The highest BCUT2D eigenvalue weighted by Crippen LogP contribution is 2.37. The Morgan fingerprint density at radius 3 is 2.43 bits per heavy atom. The second-order valence-electron chi connectivity index (χ2n) is 6.78. The molecule has 1 aliphatic carbocycles. The Labute approximate surface area is 141 Å². The van der Waals surface area contributed by atoms with E-state index in [0.29, 0.717) is 10.9 Å². The molecule has 1 aromatic rings. The molecule has 1 saturated carbocycles. The number of aromatic nitrogens is 1. The van der Waals surface area contributed by atoms with Crippen LogP contribution in [0.5, 0.6) is 0 Å². The molecule has 2 heterocycles. The van der Waals surface area contributed by atoms with E-state index in [1.165, 1.54) is 42.0 Å². The van der Waals surface area contributed by atoms with E-state index in [0.717, 1.165) is 17.3 Å². The van der Waals surface area contributed by atoms with Gasteiger partial charge in [0.15, 0.2) is 0 Å². The van der Waals surface area contributed by atoms with Crippen LogP contribution in [0.25, 0.3) is 6.08 Å². The largest absolute Gasteiger partial charge is 0.346 e. The summed E-state index contributed by atoms with van der Waals surface area (Å²) in [4.78, 5) is 26.3. The summed E-state index contributed by atoms with van der Waals surface area (Å²) in [7, 11) is 0. The number of rotatable bonds is 3. The van der Waals surface area contributed by atoms with Gasteiger partial charge in [-0.15, -0.1) is 0 Å². The molecular weight excluding hydrogens is 308 g/mol. The summed E-state index contributed by atoms with van der Waals surface area (Å²) >= 11 is 1.05. The lowest BCUT2D eigenvalue weighted by Gasteiger charge is -2.17. The van der Waals surface area contributed by atoms with Crippen LogP contribution in [0.4, 0.5) is 4.79 Å². The van der Waals surface area contributed by atoms with Gasteiger partial charge in [-0.25, -0.2) is 0 Å². The monoisotopic (exact) mass is 332 g/mol. The van der Waals surface area contributed by atoms with Crippen molar-refractivity contribution in [1.82, 2.24) is 9.47 Å². The first-order valence-corrected chi connectivity index (χ1v) is 9.17. The molecule has 2 aliphatic rings. The van der Waals surface area contributed by atoms with Gasteiger partial charge in [0.25, 0.3) is 11.1 Å². The van der Waals surface area contributed by atoms with Crippen molar-refractivity contribution < 1.29 is 9.59 Å². The first kappa shape index (κ1) is 16.4. The number of nitrogens with zero attached hydrogens (tertiary/aromatic N) is 2. The Bertz CT molecular complexity index is 681. The SMILES string of the molecule is Cc1cc(/C=C2\SC(=O)N(C(C)C)C2=O)c(C)n1C1CCCC1. The van der Waals surface area contributed by atoms with Gasteiger partial charge in [-0.1, -0.05) is 12.8 Å². The molecule has 4 nitrogen and oxygen atoms in total. The van der Waals surface area contributed by atoms with Crippen molar-refractivity contribution in [3.05, 3.63) is 27.9 Å². The van der Waals surface area contributed by atoms with E-state index in [1.807, 2.05) is 19.9 Å². The zero-order chi connectivity index (χ0) is 16.7. The van der Waals surface area contributed by atoms with Crippen LogP contribution in [0.15, 0.2) is 11.0 Å². The molecular formula is C18H24N2O2S. The van der Waals surface area contributed by atoms with Crippen molar-refractivity contribution in [3.8, 4) is 0 Å². The Kier molecular flexibility index (Phi) is 4.41. The Morgan fingerprint density at radius 2 is 1.87 bits per heavy atom. The lowest BCUT2D eigenvalue weighted by Crippen LogP contribution is -2.34. The summed E-state index contributed by atoms with van der Waals surface area (Å²) in [5, 5.41) is -0.166. The Hall–Kier alpha value is -1.49. The average molecular weight is 332 g/mol. The number of amides is 2. The molecule has 23 heavy (non-hydrogen) atoms. The lowest BCUT2D eigenvalue weighted by molar-refractivity contribution is -0.123. The number of hydrogen-bond donors (Lipinski definition) is 0. The third-order valence-corrected chi connectivity index (χ3v) is 5.72. The molecule has 124 valence electrons. The lowest BCUT2D eigenvalue weighted by atomic mass is 10.2. The number of hydrogen-bond acceptors (Lipinski definition) is 3. The molecule has 1 aromatic heterocycles. The van der Waals surface area contributed by atoms with Crippen LogP contribution >= 0.6 is 11.8 Å². The summed E-state index contributed by atoms with van der Waals surface area (Å²) in [5.74, 6) is -0.166. The minimum absolute atomic E-state index is 0.0979. The van der Waals surface area contributed by atoms with Crippen molar-refractivity contribution >= 4 is 29.0 Å². The maximum atomic E-state index is 12.4. The molecule has 0 N–H and O–H groups in total. The zero-order valence-electron chi connectivity index (χ0n) is 14.3. The van der Waals surface area contributed by atoms with Gasteiger partial charge in [0, 0.05) is 23.5 Å². The first-order chi connectivity index (χ1) is 10.9. The van der Waals surface area contributed by atoms with Crippen LogP contribution in [0, 0.1) is 13.8 Å². The van der Waals surface area contributed by atoms with Crippen LogP contribution in [0.3, 0.4) is 0 Å². The van der Waals surface area contributed by atoms with Crippen molar-refractivity contribution in [1.29, 1.82) is 0 Å². The predicted octanol–water partition coefficient (Wildman–Crippen LogP) is 4.66. The van der Waals surface area contributed by atoms with Gasteiger partial charge in [-0.3, -0.25) is 14.5 Å². The first-order valence-electron chi connectivity index (χ1n) is 8.35. The summed E-state index contributed by atoms with van der Waals surface area (Å²) in [6, 6.07) is 2.62. The molecule has 0 bridgehead atoms. The van der Waals surface area contributed by atoms with Crippen molar-refractivity contribution in [2.75, 3.05) is 0 Å². The summed E-state index contributed by atoms with van der Waals surface area (Å²) in [6.45, 7) is 7.98. The van der Waals surface area contributed by atoms with Gasteiger partial charge in [-0.2, -0.15) is 0 Å². The average Bonchev–Trinajstić information content (AvgIpc) is 3.13. The van der Waals surface area contributed by atoms with Gasteiger partial charge >= 0.3 is 0 Å². The molecule has 2 amide bonds. The molecule has 2 fully saturated rings. The van der Waals surface area contributed by atoms with Crippen LogP contribution in [0.1, 0.15) is 62.5 Å². The highest BCUT2D eigenvalue weighted by Gasteiger charge is 2.36. The van der Waals surface area contributed by atoms with Crippen LogP contribution in [0.2, 0.25) is 0 Å². The summed E-state index contributed by atoms with van der Waals surface area (Å²) < 4.78 is 2.41. The van der Waals surface area contributed by atoms with Crippen LogP contribution in [-0.4, -0.2) is 26.7 Å². The molecule has 0 unspecified atom stereocenters. The van der Waals surface area contributed by atoms with E-state index in [-0.39, 0.29) is 17.2 Å². The minimum atomic E-state index is -0.166. The third kappa shape index (κ3) is 2.87. The molecule has 5 heteroatoms. The molecule has 0 atom stereocenters. The third-order valence-electron chi connectivity index (χ3n) is 4.84. The van der Waals surface area contributed by atoms with E-state index in [4.69, 9.17) is 0 Å². The number of carbonyl (C=O) groups excluding carboxylic acids is 2. The second kappa shape index (κ2) is 6.19. The molecule has 0 spiro atoms. The Balaban J connectivity index is 1.93. The quantitative estimate of drug-likeness (QED) is 0.756. The van der Waals surface area contributed by atoms with Gasteiger partial charge in [0.1, 0.15) is 0 Å². The van der Waals surface area contributed by atoms with E-state index >= 15 is 0 Å². The second-order valence-corrected chi connectivity index (χ2v) is 7.77. The molecule has 3 rings (SSSR count). The molecule has 1 saturated heterocycles. The fraction of sp³-hybridized carbons (Fsp3) is 0.556. The minimum Gasteiger partial charge on any atom is -0.346 e. The zero-order valence-corrected chi connectivity index (χ0v) is 15.1. The maximum Gasteiger partial charge on any atom is 0.293 e. The summed E-state index contributed by atoms with van der Waals surface area (Å²) in [5.41, 5.74) is 3.50. The molecule has 0 aromatic carbocycles. The highest BCUT2D eigenvalue weighted by molar-refractivity contribution is 8.18. The number of aryl methyl sites for hydroxylation is 1. The van der Waals surface area contributed by atoms with E-state index in [9.17, 15) is 9.59 Å². The van der Waals surface area contributed by atoms with Crippen LogP contribution < -0.4 is 0 Å². The summed E-state index contributed by atoms with van der Waals surface area (Å²) in [6.07, 6.45) is 6.95. The van der Waals surface area contributed by atoms with E-state index in [2.05, 4.69) is 24.5 Å². The maximum absolute atomic E-state index is 12.4. The van der Waals surface area contributed by atoms with E-state index in [1.54, 1.807) is 0 Å². The standard InChI is InChI=1S/C18H24N2O2S/c1-11(2)19-17(21)16(23-18(19)22)10-14-9-12(3)20(13(14)4)15-7-5-6-8-15/h9-11,15H,5-8H2,1-4H3/b16-10-. The van der Waals surface area contributed by atoms with Crippen molar-refractivity contribution in [2.24, 2.45) is 0 Å². The smallest absolute Gasteiger partial charge is 0.293 e. The highest BCUT2D eigenvalue weighted by atomic mass is 32.2. The number of thioether (sulfide) groups is 1. The predicted molar refractivity (Wildman–Crippen MR) is 94.4 cm³/mol. The van der Waals surface area contributed by atoms with Crippen LogP contribution in [-0.2, 0) is 4.79 Å². The fourth-order valence-electron chi connectivity index (χ4n) is 3.74. The molecule has 1 aliphatic heterocycles. The van der Waals surface area contributed by atoms with E-state index < -0.39 is 0 Å². The Morgan fingerprint density at radius 1 is 1.22 bits per heavy atom. The topological polar surface area (TPSA) is 42.3 Å². The number of imide groups is 1. The van der Waals surface area contributed by atoms with Gasteiger partial charge in [0.05, 0.1) is 4.91 Å². The molecule has 0 radical (unpaired) electrons. The van der Waals surface area contributed by atoms with Crippen molar-refractivity contribution in [3.63, 3.8) is 0 Å². The normalized spacial score (nSPS) is 21.4.